The van der Waals surface area contributed by atoms with Gasteiger partial charge in [-0.05, 0) is 19.4 Å². The fourth-order valence-corrected chi connectivity index (χ4v) is 4.37. The zero-order valence-electron chi connectivity index (χ0n) is 17.9. The van der Waals surface area contributed by atoms with Gasteiger partial charge in [-0.2, -0.15) is 23.7 Å². The molecule has 0 saturated carbocycles. The van der Waals surface area contributed by atoms with Crippen LogP contribution in [0.3, 0.4) is 0 Å². The number of anilines is 2. The summed E-state index contributed by atoms with van der Waals surface area (Å²) in [6.45, 7) is 2.36. The molecule has 2 aromatic rings. The molecular weight excluding hydrogens is 453 g/mol. The minimum atomic E-state index is -4.82. The normalized spacial score (nSPS) is 21.6. The van der Waals surface area contributed by atoms with Gasteiger partial charge in [0.15, 0.2) is 11.3 Å². The predicted molar refractivity (Wildman–Crippen MR) is 111 cm³/mol. The van der Waals surface area contributed by atoms with Crippen molar-refractivity contribution >= 4 is 17.3 Å². The van der Waals surface area contributed by atoms with Gasteiger partial charge in [0.2, 0.25) is 5.82 Å². The van der Waals surface area contributed by atoms with Gasteiger partial charge in [-0.25, -0.2) is 15.0 Å². The molecule has 2 bridgehead atoms. The van der Waals surface area contributed by atoms with Crippen molar-refractivity contribution in [1.29, 1.82) is 10.5 Å². The fourth-order valence-electron chi connectivity index (χ4n) is 4.37. The Morgan fingerprint density at radius 3 is 2.38 bits per heavy atom. The Morgan fingerprint density at radius 1 is 1.18 bits per heavy atom. The number of carbonyl (C=O) groups is 1. The number of carbonyl (C=O) groups excluding carboxylic acids is 1. The van der Waals surface area contributed by atoms with E-state index in [9.17, 15) is 23.1 Å². The van der Waals surface area contributed by atoms with Crippen LogP contribution >= 0.6 is 0 Å². The molecule has 0 spiro atoms. The van der Waals surface area contributed by atoms with Gasteiger partial charge >= 0.3 is 6.18 Å². The summed E-state index contributed by atoms with van der Waals surface area (Å²) in [6, 6.07) is 4.09. The third-order valence-corrected chi connectivity index (χ3v) is 5.88. The minimum Gasteiger partial charge on any atom is -0.379 e. The number of fused-ring (bicyclic) bond motifs is 2. The number of hydrogen-bond donors (Lipinski definition) is 2. The van der Waals surface area contributed by atoms with E-state index in [0.717, 1.165) is 18.3 Å². The predicted octanol–water partition coefficient (Wildman–Crippen LogP) is 1.29. The lowest BCUT2D eigenvalue weighted by molar-refractivity contribution is -0.138. The van der Waals surface area contributed by atoms with Crippen molar-refractivity contribution in [2.45, 2.75) is 37.2 Å². The molecule has 3 fully saturated rings. The maximum atomic E-state index is 13.1. The summed E-state index contributed by atoms with van der Waals surface area (Å²) in [4.78, 5) is 28.1. The number of nitrogens with one attached hydrogen (secondary N) is 1. The second-order valence-corrected chi connectivity index (χ2v) is 8.48. The van der Waals surface area contributed by atoms with Gasteiger partial charge < -0.3 is 15.3 Å². The quantitative estimate of drug-likeness (QED) is 0.658. The molecule has 2 unspecified atom stereocenters. The number of piperidine rings is 1. The van der Waals surface area contributed by atoms with Crippen LogP contribution in [-0.4, -0.2) is 68.2 Å². The first-order chi connectivity index (χ1) is 16.0. The van der Waals surface area contributed by atoms with E-state index in [-0.39, 0.29) is 30.1 Å². The van der Waals surface area contributed by atoms with E-state index in [1.54, 1.807) is 12.4 Å². The van der Waals surface area contributed by atoms with Crippen LogP contribution in [0.2, 0.25) is 0 Å². The highest BCUT2D eigenvalue weighted by Crippen LogP contribution is 2.37. The van der Waals surface area contributed by atoms with Gasteiger partial charge in [-0.1, -0.05) is 0 Å². The van der Waals surface area contributed by atoms with Gasteiger partial charge in [0.1, 0.15) is 12.1 Å². The van der Waals surface area contributed by atoms with Crippen LogP contribution in [0, 0.1) is 22.7 Å². The first kappa shape index (κ1) is 23.4. The zero-order chi connectivity index (χ0) is 24.7. The Labute approximate surface area is 192 Å². The standard InChI is InChI=1S/C21H19F3N8O2/c1-20(34,19(33)30-12-2-16(21(22,23)24)17(4-25)27-6-12)11-31-9-13-3-14(10-31)32(13)15-7-28-18(5-26)29-8-15/h2,6-8,13-14,34H,3,9-11H2,1H3,(H,30,33)/t13?,14?,20-/m0/s1. The number of alkyl halides is 3. The van der Waals surface area contributed by atoms with Crippen LogP contribution in [0.15, 0.2) is 24.7 Å². The lowest BCUT2D eigenvalue weighted by atomic mass is 9.86. The van der Waals surface area contributed by atoms with Crippen LogP contribution in [-0.2, 0) is 11.0 Å². The molecule has 176 valence electrons. The van der Waals surface area contributed by atoms with Crippen LogP contribution in [0.4, 0.5) is 24.5 Å². The molecule has 3 atom stereocenters. The number of aromatic nitrogens is 3. The average molecular weight is 472 g/mol. The van der Waals surface area contributed by atoms with Crippen LogP contribution in [0.1, 0.15) is 30.4 Å². The Morgan fingerprint density at radius 2 is 1.82 bits per heavy atom. The summed E-state index contributed by atoms with van der Waals surface area (Å²) in [5.41, 5.74) is -3.45. The fraction of sp³-hybridized carbons (Fsp3) is 0.429. The highest BCUT2D eigenvalue weighted by Gasteiger charge is 2.47. The maximum Gasteiger partial charge on any atom is 0.419 e. The maximum absolute atomic E-state index is 13.1. The Kier molecular flexibility index (Phi) is 5.85. The summed E-state index contributed by atoms with van der Waals surface area (Å²) in [6.07, 6.45) is 0.217. The Balaban J connectivity index is 1.39. The molecule has 2 aromatic heterocycles. The van der Waals surface area contributed by atoms with Crippen LogP contribution in [0.25, 0.3) is 0 Å². The van der Waals surface area contributed by atoms with Crippen LogP contribution < -0.4 is 10.2 Å². The summed E-state index contributed by atoms with van der Waals surface area (Å²) >= 11 is 0. The van der Waals surface area contributed by atoms with Crippen molar-refractivity contribution in [3.05, 3.63) is 41.7 Å². The highest BCUT2D eigenvalue weighted by atomic mass is 19.4. The molecule has 34 heavy (non-hydrogen) atoms. The second-order valence-electron chi connectivity index (χ2n) is 8.48. The van der Waals surface area contributed by atoms with Gasteiger partial charge in [0.05, 0.1) is 35.5 Å². The van der Waals surface area contributed by atoms with Crippen molar-refractivity contribution in [3.63, 3.8) is 0 Å². The summed E-state index contributed by atoms with van der Waals surface area (Å²) in [7, 11) is 0. The Hall–Kier alpha value is -3.81. The molecule has 0 radical (unpaired) electrons. The van der Waals surface area contributed by atoms with E-state index in [1.165, 1.54) is 13.0 Å². The van der Waals surface area contributed by atoms with Crippen molar-refractivity contribution in [2.24, 2.45) is 0 Å². The monoisotopic (exact) mass is 472 g/mol. The number of aliphatic hydroxyl groups is 1. The molecule has 3 saturated heterocycles. The topological polar surface area (TPSA) is 142 Å². The van der Waals surface area contributed by atoms with Crippen LogP contribution in [0.5, 0.6) is 0 Å². The second kappa shape index (κ2) is 8.52. The number of amides is 1. The number of rotatable bonds is 5. The SMILES string of the molecule is C[C@](O)(CN1CC2CC(C1)N2c1cnc(C#N)nc1)C(=O)Nc1cnc(C#N)c(C(F)(F)F)c1. The molecule has 3 aliphatic rings. The van der Waals surface area contributed by atoms with Gasteiger partial charge in [-0.3, -0.25) is 9.69 Å². The molecule has 0 aromatic carbocycles. The molecule has 0 aliphatic carbocycles. The molecule has 10 nitrogen and oxygen atoms in total. The summed E-state index contributed by atoms with van der Waals surface area (Å²) in [5, 5.41) is 30.7. The Bertz CT molecular complexity index is 1170. The van der Waals surface area contributed by atoms with E-state index in [4.69, 9.17) is 10.5 Å². The lowest BCUT2D eigenvalue weighted by Crippen LogP contribution is -2.70. The summed E-state index contributed by atoms with van der Waals surface area (Å²) in [5.74, 6) is -0.804. The molecule has 5 rings (SSSR count). The number of nitriles is 2. The van der Waals surface area contributed by atoms with Crippen molar-refractivity contribution in [1.82, 2.24) is 19.9 Å². The van der Waals surface area contributed by atoms with Gasteiger partial charge in [0.25, 0.3) is 5.91 Å². The van der Waals surface area contributed by atoms with E-state index in [2.05, 4.69) is 25.2 Å². The molecule has 5 heterocycles. The first-order valence-electron chi connectivity index (χ1n) is 10.3. The first-order valence-corrected chi connectivity index (χ1v) is 10.3. The smallest absolute Gasteiger partial charge is 0.379 e. The third-order valence-electron chi connectivity index (χ3n) is 5.88. The molecule has 1 amide bonds. The number of pyridine rings is 1. The van der Waals surface area contributed by atoms with E-state index >= 15 is 0 Å². The molecule has 2 N–H and O–H groups in total. The zero-order valence-corrected chi connectivity index (χ0v) is 17.9. The molecular formula is C21H19F3N8O2. The number of piperazine rings is 1. The van der Waals surface area contributed by atoms with E-state index in [1.807, 2.05) is 11.0 Å². The molecule has 13 heteroatoms. The number of halogens is 3. The number of nitrogens with zero attached hydrogens (tertiary/aromatic N) is 7. The summed E-state index contributed by atoms with van der Waals surface area (Å²) < 4.78 is 39.4. The largest absolute Gasteiger partial charge is 0.419 e. The highest BCUT2D eigenvalue weighted by molar-refractivity contribution is 5.97. The van der Waals surface area contributed by atoms with E-state index in [0.29, 0.717) is 19.2 Å². The third kappa shape index (κ3) is 4.48. The van der Waals surface area contributed by atoms with Gasteiger partial charge in [-0.15, -0.1) is 0 Å². The molecule has 3 aliphatic heterocycles. The van der Waals surface area contributed by atoms with Crippen molar-refractivity contribution in [2.75, 3.05) is 29.9 Å². The minimum absolute atomic E-state index is 0.0284. The van der Waals surface area contributed by atoms with Gasteiger partial charge in [0, 0.05) is 31.7 Å². The van der Waals surface area contributed by atoms with Crippen molar-refractivity contribution < 1.29 is 23.1 Å². The van der Waals surface area contributed by atoms with Crippen molar-refractivity contribution in [3.8, 4) is 12.1 Å². The lowest BCUT2D eigenvalue weighted by Gasteiger charge is -2.58. The average Bonchev–Trinajstić information content (AvgIpc) is 2.78. The number of hydrogen-bond acceptors (Lipinski definition) is 9. The van der Waals surface area contributed by atoms with E-state index < -0.39 is 28.9 Å².